The van der Waals surface area contributed by atoms with Crippen LogP contribution in [0.1, 0.15) is 17.2 Å². The van der Waals surface area contributed by atoms with Crippen molar-refractivity contribution in [3.8, 4) is 0 Å². The first kappa shape index (κ1) is 15.0. The summed E-state index contributed by atoms with van der Waals surface area (Å²) < 4.78 is 15.7. The fraction of sp³-hybridized carbons (Fsp3) is 0.357. The highest BCUT2D eigenvalue weighted by molar-refractivity contribution is 6.31. The molecule has 1 aromatic carbocycles. The molecule has 1 aromatic heterocycles. The molecule has 1 atom stereocenters. The van der Waals surface area contributed by atoms with Gasteiger partial charge in [0.1, 0.15) is 5.82 Å². The first-order valence-electron chi connectivity index (χ1n) is 6.34. The Morgan fingerprint density at radius 1 is 1.50 bits per heavy atom. The number of benzene rings is 1. The lowest BCUT2D eigenvalue weighted by molar-refractivity contribution is 0.237. The molecule has 0 aliphatic rings. The van der Waals surface area contributed by atoms with E-state index in [-0.39, 0.29) is 18.4 Å². The number of hydrogen-bond acceptors (Lipinski definition) is 3. The van der Waals surface area contributed by atoms with Crippen LogP contribution in [-0.4, -0.2) is 28.3 Å². The molecular formula is C14H18ClFN4. The van der Waals surface area contributed by atoms with Crippen LogP contribution in [0, 0.1) is 5.82 Å². The van der Waals surface area contributed by atoms with E-state index in [0.29, 0.717) is 17.1 Å². The van der Waals surface area contributed by atoms with E-state index in [1.807, 2.05) is 25.2 Å². The van der Waals surface area contributed by atoms with Gasteiger partial charge in [0.15, 0.2) is 0 Å². The molecule has 0 spiro atoms. The predicted molar refractivity (Wildman–Crippen MR) is 77.9 cm³/mol. The Morgan fingerprint density at radius 3 is 2.80 bits per heavy atom. The molecule has 0 bridgehead atoms. The van der Waals surface area contributed by atoms with E-state index in [9.17, 15) is 4.39 Å². The Bertz CT molecular complexity index is 564. The Labute approximate surface area is 122 Å². The Hall–Kier alpha value is -1.43. The van der Waals surface area contributed by atoms with Crippen molar-refractivity contribution in [3.63, 3.8) is 0 Å². The minimum absolute atomic E-state index is 0.274. The van der Waals surface area contributed by atoms with Crippen molar-refractivity contribution in [2.24, 2.45) is 12.8 Å². The number of likely N-dealkylation sites (N-methyl/N-ethyl adjacent to an activating group) is 1. The predicted octanol–water partition coefficient (Wildman–Crippen LogP) is 2.34. The fourth-order valence-electron chi connectivity index (χ4n) is 2.30. The van der Waals surface area contributed by atoms with Gasteiger partial charge in [0.25, 0.3) is 0 Å². The summed E-state index contributed by atoms with van der Waals surface area (Å²) in [6.45, 7) is 0.914. The van der Waals surface area contributed by atoms with Crippen molar-refractivity contribution in [1.82, 2.24) is 14.7 Å². The number of halogens is 2. The molecule has 2 rings (SSSR count). The number of rotatable bonds is 5. The smallest absolute Gasteiger partial charge is 0.129 e. The third kappa shape index (κ3) is 3.17. The summed E-state index contributed by atoms with van der Waals surface area (Å²) >= 11 is 6.12. The summed E-state index contributed by atoms with van der Waals surface area (Å²) in [6, 6.07) is 4.40. The third-order valence-electron chi connectivity index (χ3n) is 3.28. The monoisotopic (exact) mass is 296 g/mol. The topological polar surface area (TPSA) is 47.1 Å². The second kappa shape index (κ2) is 6.35. The summed E-state index contributed by atoms with van der Waals surface area (Å²) in [5, 5.41) is 4.52. The molecule has 20 heavy (non-hydrogen) atoms. The molecule has 0 fully saturated rings. The quantitative estimate of drug-likeness (QED) is 0.921. The van der Waals surface area contributed by atoms with Gasteiger partial charge in [0, 0.05) is 42.5 Å². The van der Waals surface area contributed by atoms with E-state index < -0.39 is 0 Å². The minimum Gasteiger partial charge on any atom is -0.329 e. The molecule has 0 radical (unpaired) electrons. The molecule has 1 heterocycles. The summed E-state index contributed by atoms with van der Waals surface area (Å²) in [5.74, 6) is -0.328. The van der Waals surface area contributed by atoms with E-state index in [4.69, 9.17) is 17.3 Å². The summed E-state index contributed by atoms with van der Waals surface area (Å²) in [7, 11) is 3.75. The standard InChI is InChI=1S/C14H18ClFN4/c1-19(8-10-7-18-20(2)9-10)13(6-17)14-11(15)4-3-5-12(14)16/h3-5,7,9,13H,6,8,17H2,1-2H3. The number of nitrogens with two attached hydrogens (primary N) is 1. The van der Waals surface area contributed by atoms with Crippen LogP contribution in [0.25, 0.3) is 0 Å². The molecule has 4 nitrogen and oxygen atoms in total. The SMILES string of the molecule is CN(Cc1cnn(C)c1)C(CN)c1c(F)cccc1Cl. The molecular weight excluding hydrogens is 279 g/mol. The van der Waals surface area contributed by atoms with Crippen molar-refractivity contribution in [2.75, 3.05) is 13.6 Å². The molecule has 0 saturated carbocycles. The lowest BCUT2D eigenvalue weighted by atomic mass is 10.0. The Kier molecular flexibility index (Phi) is 4.75. The van der Waals surface area contributed by atoms with Crippen LogP contribution >= 0.6 is 11.6 Å². The molecule has 108 valence electrons. The highest BCUT2D eigenvalue weighted by Gasteiger charge is 2.22. The van der Waals surface area contributed by atoms with Crippen molar-refractivity contribution >= 4 is 11.6 Å². The molecule has 2 N–H and O–H groups in total. The number of aromatic nitrogens is 2. The van der Waals surface area contributed by atoms with Gasteiger partial charge in [-0.2, -0.15) is 5.10 Å². The Morgan fingerprint density at radius 2 is 2.25 bits per heavy atom. The summed E-state index contributed by atoms with van der Waals surface area (Å²) in [6.07, 6.45) is 3.71. The van der Waals surface area contributed by atoms with Crippen LogP contribution in [0.3, 0.4) is 0 Å². The first-order valence-corrected chi connectivity index (χ1v) is 6.72. The zero-order valence-electron chi connectivity index (χ0n) is 11.6. The summed E-state index contributed by atoms with van der Waals surface area (Å²) in [5.41, 5.74) is 7.30. The van der Waals surface area contributed by atoms with Gasteiger partial charge in [-0.15, -0.1) is 0 Å². The number of hydrogen-bond donors (Lipinski definition) is 1. The van der Waals surface area contributed by atoms with Gasteiger partial charge in [-0.05, 0) is 19.2 Å². The van der Waals surface area contributed by atoms with Crippen LogP contribution in [0.5, 0.6) is 0 Å². The van der Waals surface area contributed by atoms with Crippen molar-refractivity contribution in [3.05, 3.63) is 52.6 Å². The average molecular weight is 297 g/mol. The molecule has 0 aliphatic heterocycles. The fourth-order valence-corrected chi connectivity index (χ4v) is 2.59. The van der Waals surface area contributed by atoms with Crippen LogP contribution < -0.4 is 5.73 Å². The summed E-state index contributed by atoms with van der Waals surface area (Å²) in [4.78, 5) is 1.97. The largest absolute Gasteiger partial charge is 0.329 e. The molecule has 0 saturated heterocycles. The van der Waals surface area contributed by atoms with Crippen LogP contribution in [0.2, 0.25) is 5.02 Å². The van der Waals surface area contributed by atoms with Crippen LogP contribution in [0.15, 0.2) is 30.6 Å². The molecule has 6 heteroatoms. The van der Waals surface area contributed by atoms with Gasteiger partial charge >= 0.3 is 0 Å². The first-order chi connectivity index (χ1) is 9.52. The third-order valence-corrected chi connectivity index (χ3v) is 3.61. The van der Waals surface area contributed by atoms with Crippen molar-refractivity contribution in [1.29, 1.82) is 0 Å². The maximum atomic E-state index is 14.0. The minimum atomic E-state index is -0.328. The van der Waals surface area contributed by atoms with E-state index in [2.05, 4.69) is 5.10 Å². The second-order valence-corrected chi connectivity index (χ2v) is 5.23. The molecule has 1 unspecified atom stereocenters. The van der Waals surface area contributed by atoms with E-state index in [0.717, 1.165) is 5.56 Å². The van der Waals surface area contributed by atoms with E-state index in [1.165, 1.54) is 6.07 Å². The molecule has 2 aromatic rings. The van der Waals surface area contributed by atoms with Gasteiger partial charge in [0.2, 0.25) is 0 Å². The van der Waals surface area contributed by atoms with Crippen LogP contribution in [-0.2, 0) is 13.6 Å². The normalized spacial score (nSPS) is 12.9. The van der Waals surface area contributed by atoms with E-state index in [1.54, 1.807) is 23.0 Å². The maximum absolute atomic E-state index is 14.0. The Balaban J connectivity index is 2.23. The highest BCUT2D eigenvalue weighted by Crippen LogP contribution is 2.29. The zero-order valence-corrected chi connectivity index (χ0v) is 12.3. The van der Waals surface area contributed by atoms with E-state index >= 15 is 0 Å². The van der Waals surface area contributed by atoms with Gasteiger partial charge in [-0.25, -0.2) is 4.39 Å². The number of nitrogens with zero attached hydrogens (tertiary/aromatic N) is 3. The van der Waals surface area contributed by atoms with Gasteiger partial charge < -0.3 is 5.73 Å². The van der Waals surface area contributed by atoms with Gasteiger partial charge in [-0.3, -0.25) is 9.58 Å². The number of aryl methyl sites for hydroxylation is 1. The van der Waals surface area contributed by atoms with Crippen molar-refractivity contribution < 1.29 is 4.39 Å². The van der Waals surface area contributed by atoms with Gasteiger partial charge in [-0.1, -0.05) is 17.7 Å². The average Bonchev–Trinajstić information content (AvgIpc) is 2.79. The lowest BCUT2D eigenvalue weighted by Gasteiger charge is -2.28. The van der Waals surface area contributed by atoms with Crippen LogP contribution in [0.4, 0.5) is 4.39 Å². The highest BCUT2D eigenvalue weighted by atomic mass is 35.5. The molecule has 0 aliphatic carbocycles. The van der Waals surface area contributed by atoms with Gasteiger partial charge in [0.05, 0.1) is 12.2 Å². The lowest BCUT2D eigenvalue weighted by Crippen LogP contribution is -2.31. The maximum Gasteiger partial charge on any atom is 0.129 e. The van der Waals surface area contributed by atoms with Crippen molar-refractivity contribution in [2.45, 2.75) is 12.6 Å². The molecule has 0 amide bonds. The zero-order chi connectivity index (χ0) is 14.7. The second-order valence-electron chi connectivity index (χ2n) is 4.82.